The summed E-state index contributed by atoms with van der Waals surface area (Å²) in [6, 6.07) is 25.0. The topological polar surface area (TPSA) is 0 Å². The minimum atomic E-state index is 0.763. The summed E-state index contributed by atoms with van der Waals surface area (Å²) in [4.78, 5) is 0. The van der Waals surface area contributed by atoms with Crippen LogP contribution in [-0.4, -0.2) is 6.16 Å². The molecule has 2 atom stereocenters. The first-order chi connectivity index (χ1) is 11.9. The molecule has 1 heteroatoms. The highest BCUT2D eigenvalue weighted by molar-refractivity contribution is 7.38. The van der Waals surface area contributed by atoms with Crippen LogP contribution in [-0.2, 0) is 0 Å². The maximum Gasteiger partial charge on any atom is 0.00204 e. The van der Waals surface area contributed by atoms with E-state index >= 15 is 0 Å². The van der Waals surface area contributed by atoms with Crippen molar-refractivity contribution >= 4 is 40.9 Å². The predicted octanol–water partition coefficient (Wildman–Crippen LogP) is 7.05. The fraction of sp³-hybridized carbons (Fsp3) is 0.217. The molecule has 0 saturated carbocycles. The third-order valence-corrected chi connectivity index (χ3v) is 7.18. The second-order valence-corrected chi connectivity index (χ2v) is 8.54. The van der Waals surface area contributed by atoms with Crippen LogP contribution in [0.4, 0.5) is 0 Å². The quantitative estimate of drug-likeness (QED) is 0.199. The van der Waals surface area contributed by atoms with E-state index in [0.717, 1.165) is 14.2 Å². The van der Waals surface area contributed by atoms with Crippen molar-refractivity contribution in [3.05, 3.63) is 72.3 Å². The molecule has 0 bridgehead atoms. The van der Waals surface area contributed by atoms with Gasteiger partial charge in [-0.2, -0.15) is 0 Å². The zero-order valence-electron chi connectivity index (χ0n) is 13.8. The Morgan fingerprint density at radius 2 is 1.50 bits per heavy atom. The van der Waals surface area contributed by atoms with Gasteiger partial charge in [0.05, 0.1) is 0 Å². The molecule has 1 aliphatic rings. The Balaban J connectivity index is 1.86. The molecule has 1 heterocycles. The Bertz CT molecular complexity index is 1040. The second kappa shape index (κ2) is 5.87. The average Bonchev–Trinajstić information content (AvgIpc) is 2.66. The van der Waals surface area contributed by atoms with Crippen LogP contribution in [0.3, 0.4) is 0 Å². The molecule has 0 nitrogen and oxygen atoms in total. The minimum absolute atomic E-state index is 0.763. The lowest BCUT2D eigenvalue weighted by Crippen LogP contribution is -2.01. The molecule has 0 radical (unpaired) electrons. The number of benzene rings is 4. The fourth-order valence-electron chi connectivity index (χ4n) is 4.24. The lowest BCUT2D eigenvalue weighted by Gasteiger charge is -2.24. The molecule has 1 fully saturated rings. The van der Waals surface area contributed by atoms with Crippen LogP contribution in [0.2, 0.25) is 0 Å². The summed E-state index contributed by atoms with van der Waals surface area (Å²) in [7, 11) is 1.09. The third-order valence-electron chi connectivity index (χ3n) is 5.44. The highest BCUT2D eigenvalue weighted by atomic mass is 31.1. The number of fused-ring (bicyclic) bond motifs is 4. The lowest BCUT2D eigenvalue weighted by atomic mass is 9.93. The van der Waals surface area contributed by atoms with E-state index in [9.17, 15) is 0 Å². The van der Waals surface area contributed by atoms with E-state index in [0.29, 0.717) is 0 Å². The van der Waals surface area contributed by atoms with Crippen molar-refractivity contribution in [1.82, 2.24) is 0 Å². The summed E-state index contributed by atoms with van der Waals surface area (Å²) < 4.78 is 0. The molecule has 4 aromatic rings. The molecule has 4 aromatic carbocycles. The standard InChI is InChI=1S/C23H21P/c1-2-7-18-15-21-19(14-17(18)6-1)12-11-16-8-5-9-20(23(16)21)22-10-3-4-13-24-22/h1-2,5-9,11-12,14-15,22,24H,3-4,10,13H2. The average molecular weight is 328 g/mol. The normalized spacial score (nSPS) is 19.4. The van der Waals surface area contributed by atoms with Gasteiger partial charge in [-0.1, -0.05) is 61.0 Å². The van der Waals surface area contributed by atoms with Crippen LogP contribution in [0.15, 0.2) is 66.7 Å². The highest BCUT2D eigenvalue weighted by Crippen LogP contribution is 2.46. The molecule has 2 unspecified atom stereocenters. The maximum absolute atomic E-state index is 2.41. The molecule has 1 saturated heterocycles. The summed E-state index contributed by atoms with van der Waals surface area (Å²) in [5, 5.41) is 8.37. The van der Waals surface area contributed by atoms with E-state index in [-0.39, 0.29) is 0 Å². The smallest absolute Gasteiger partial charge is 0.00204 e. The van der Waals surface area contributed by atoms with Crippen molar-refractivity contribution < 1.29 is 0 Å². The largest absolute Gasteiger partial charge is 0.114 e. The van der Waals surface area contributed by atoms with Gasteiger partial charge in [0, 0.05) is 5.66 Å². The molecular weight excluding hydrogens is 307 g/mol. The van der Waals surface area contributed by atoms with Crippen LogP contribution in [0, 0.1) is 0 Å². The van der Waals surface area contributed by atoms with Gasteiger partial charge in [0.2, 0.25) is 0 Å². The van der Waals surface area contributed by atoms with E-state index in [2.05, 4.69) is 66.7 Å². The summed E-state index contributed by atoms with van der Waals surface area (Å²) >= 11 is 0. The van der Waals surface area contributed by atoms with Crippen molar-refractivity contribution in [2.24, 2.45) is 0 Å². The summed E-state index contributed by atoms with van der Waals surface area (Å²) in [5.41, 5.74) is 2.35. The predicted molar refractivity (Wildman–Crippen MR) is 109 cm³/mol. The van der Waals surface area contributed by atoms with Crippen molar-refractivity contribution in [2.75, 3.05) is 6.16 Å². The van der Waals surface area contributed by atoms with Gasteiger partial charge in [-0.25, -0.2) is 0 Å². The summed E-state index contributed by atoms with van der Waals surface area (Å²) in [6.07, 6.45) is 5.59. The van der Waals surface area contributed by atoms with E-state index < -0.39 is 0 Å². The van der Waals surface area contributed by atoms with Gasteiger partial charge in [0.15, 0.2) is 0 Å². The maximum atomic E-state index is 2.41. The molecule has 0 amide bonds. The van der Waals surface area contributed by atoms with E-state index in [1.807, 2.05) is 0 Å². The molecule has 118 valence electrons. The van der Waals surface area contributed by atoms with Gasteiger partial charge in [0.1, 0.15) is 0 Å². The minimum Gasteiger partial charge on any atom is -0.114 e. The second-order valence-electron chi connectivity index (χ2n) is 6.93. The molecule has 0 N–H and O–H groups in total. The van der Waals surface area contributed by atoms with Crippen molar-refractivity contribution in [2.45, 2.75) is 24.9 Å². The van der Waals surface area contributed by atoms with Gasteiger partial charge in [0.25, 0.3) is 0 Å². The Labute approximate surface area is 144 Å². The Kier molecular flexibility index (Phi) is 3.53. The Morgan fingerprint density at radius 3 is 2.33 bits per heavy atom. The first-order valence-electron chi connectivity index (χ1n) is 8.98. The monoisotopic (exact) mass is 328 g/mol. The molecular formula is C23H21P. The molecule has 1 aliphatic heterocycles. The first kappa shape index (κ1) is 14.4. The third kappa shape index (κ3) is 2.33. The summed E-state index contributed by atoms with van der Waals surface area (Å²) in [5.74, 6) is 0. The zero-order valence-corrected chi connectivity index (χ0v) is 14.8. The number of hydrogen-bond acceptors (Lipinski definition) is 0. The summed E-state index contributed by atoms with van der Waals surface area (Å²) in [6.45, 7) is 0. The van der Waals surface area contributed by atoms with Crippen molar-refractivity contribution in [1.29, 1.82) is 0 Å². The van der Waals surface area contributed by atoms with Gasteiger partial charge < -0.3 is 0 Å². The SMILES string of the molecule is c1ccc2cc3c(ccc4cccc(C5CCCCP5)c43)cc2c1. The Hall–Kier alpha value is -1.91. The van der Waals surface area contributed by atoms with E-state index in [1.54, 1.807) is 5.56 Å². The van der Waals surface area contributed by atoms with Crippen LogP contribution in [0.25, 0.3) is 32.3 Å². The van der Waals surface area contributed by atoms with Gasteiger partial charge in [-0.15, -0.1) is 8.58 Å². The zero-order chi connectivity index (χ0) is 15.9. The fourth-order valence-corrected chi connectivity index (χ4v) is 5.91. The molecule has 0 aromatic heterocycles. The first-order valence-corrected chi connectivity index (χ1v) is 10.3. The van der Waals surface area contributed by atoms with Crippen LogP contribution >= 0.6 is 8.58 Å². The van der Waals surface area contributed by atoms with Crippen molar-refractivity contribution in [3.63, 3.8) is 0 Å². The van der Waals surface area contributed by atoms with Crippen LogP contribution < -0.4 is 0 Å². The molecule has 0 aliphatic carbocycles. The Morgan fingerprint density at radius 1 is 0.708 bits per heavy atom. The molecule has 0 spiro atoms. The van der Waals surface area contributed by atoms with E-state index in [1.165, 1.54) is 57.7 Å². The number of rotatable bonds is 1. The van der Waals surface area contributed by atoms with Crippen molar-refractivity contribution in [3.8, 4) is 0 Å². The van der Waals surface area contributed by atoms with E-state index in [4.69, 9.17) is 0 Å². The van der Waals surface area contributed by atoms with Crippen LogP contribution in [0.5, 0.6) is 0 Å². The lowest BCUT2D eigenvalue weighted by molar-refractivity contribution is 0.682. The molecule has 5 rings (SSSR count). The van der Waals surface area contributed by atoms with Gasteiger partial charge in [-0.3, -0.25) is 0 Å². The molecule has 24 heavy (non-hydrogen) atoms. The van der Waals surface area contributed by atoms with Gasteiger partial charge in [-0.05, 0) is 69.0 Å². The number of hydrogen-bond donors (Lipinski definition) is 0. The van der Waals surface area contributed by atoms with Crippen LogP contribution in [0.1, 0.15) is 30.5 Å². The van der Waals surface area contributed by atoms with Gasteiger partial charge >= 0.3 is 0 Å². The highest BCUT2D eigenvalue weighted by Gasteiger charge is 2.18.